The van der Waals surface area contributed by atoms with Crippen molar-refractivity contribution in [1.29, 1.82) is 0 Å². The highest BCUT2D eigenvalue weighted by Gasteiger charge is 2.21. The first kappa shape index (κ1) is 35.6. The lowest BCUT2D eigenvalue weighted by molar-refractivity contribution is 0.666. The van der Waals surface area contributed by atoms with E-state index in [2.05, 4.69) is 180 Å². The van der Waals surface area contributed by atoms with Crippen LogP contribution in [0.5, 0.6) is 0 Å². The van der Waals surface area contributed by atoms with Crippen LogP contribution in [0.1, 0.15) is 0 Å². The number of aromatic nitrogens is 4. The molecular formula is C57H34N4OS. The Hall–Kier alpha value is -8.19. The molecule has 0 saturated heterocycles. The Bertz CT molecular complexity index is 3910. The zero-order valence-corrected chi connectivity index (χ0v) is 34.6. The summed E-state index contributed by atoms with van der Waals surface area (Å²) in [4.78, 5) is 15.3. The second kappa shape index (κ2) is 14.2. The molecule has 0 radical (unpaired) electrons. The van der Waals surface area contributed by atoms with E-state index >= 15 is 0 Å². The first-order chi connectivity index (χ1) is 31.2. The lowest BCUT2D eigenvalue weighted by atomic mass is 9.99. The van der Waals surface area contributed by atoms with Crippen LogP contribution in [0.25, 0.3) is 126 Å². The van der Waals surface area contributed by atoms with Crippen LogP contribution in [-0.4, -0.2) is 19.5 Å². The molecule has 0 amide bonds. The molecule has 294 valence electrons. The summed E-state index contributed by atoms with van der Waals surface area (Å²) in [5.74, 6) is 1.82. The van der Waals surface area contributed by atoms with E-state index in [-0.39, 0.29) is 0 Å². The van der Waals surface area contributed by atoms with E-state index in [0.717, 1.165) is 55.3 Å². The molecule has 13 rings (SSSR count). The summed E-state index contributed by atoms with van der Waals surface area (Å²) in [6.07, 6.45) is 0. The third kappa shape index (κ3) is 5.80. The van der Waals surface area contributed by atoms with Crippen LogP contribution in [0.3, 0.4) is 0 Å². The zero-order chi connectivity index (χ0) is 41.4. The molecule has 0 spiro atoms. The number of furan rings is 1. The highest BCUT2D eigenvalue weighted by molar-refractivity contribution is 7.25. The van der Waals surface area contributed by atoms with Crippen LogP contribution >= 0.6 is 11.3 Å². The summed E-state index contributed by atoms with van der Waals surface area (Å²) in [7, 11) is 0. The summed E-state index contributed by atoms with van der Waals surface area (Å²) in [5.41, 5.74) is 12.4. The first-order valence-electron chi connectivity index (χ1n) is 21.1. The van der Waals surface area contributed by atoms with Crippen LogP contribution in [0.2, 0.25) is 0 Å². The molecular weight excluding hydrogens is 789 g/mol. The molecule has 5 nitrogen and oxygen atoms in total. The highest BCUT2D eigenvalue weighted by atomic mass is 32.1. The second-order valence-corrected chi connectivity index (χ2v) is 17.0. The van der Waals surface area contributed by atoms with Crippen molar-refractivity contribution < 1.29 is 4.42 Å². The van der Waals surface area contributed by atoms with E-state index in [4.69, 9.17) is 19.4 Å². The monoisotopic (exact) mass is 822 g/mol. The molecule has 4 heterocycles. The van der Waals surface area contributed by atoms with Gasteiger partial charge in [-0.15, -0.1) is 11.3 Å². The maximum atomic E-state index is 6.93. The Balaban J connectivity index is 0.950. The van der Waals surface area contributed by atoms with Gasteiger partial charge in [-0.1, -0.05) is 164 Å². The quantitative estimate of drug-likeness (QED) is 0.168. The van der Waals surface area contributed by atoms with Gasteiger partial charge in [0, 0.05) is 58.4 Å². The third-order valence-corrected chi connectivity index (χ3v) is 13.4. The van der Waals surface area contributed by atoms with Gasteiger partial charge in [0.1, 0.15) is 5.58 Å². The van der Waals surface area contributed by atoms with Crippen molar-refractivity contribution in [3.05, 3.63) is 206 Å². The fraction of sp³-hybridized carbons (Fsp3) is 0. The Labute approximate surface area is 365 Å². The minimum Gasteiger partial charge on any atom is -0.454 e. The van der Waals surface area contributed by atoms with E-state index in [1.165, 1.54) is 53.2 Å². The molecule has 0 unspecified atom stereocenters. The van der Waals surface area contributed by atoms with Gasteiger partial charge < -0.3 is 8.98 Å². The molecule has 0 N–H and O–H groups in total. The standard InChI is InChI=1S/C57H34N4OS/c1-4-14-35(15-5-1)38-26-30-43-44-31-28-40(34-52(44)63-51(43)33-38)57-59-55(37-18-8-3-9-19-37)58-56(60-57)39-27-29-42-45-22-13-25-49(54(45)62-50(42)32-39)61-47-23-11-10-20-46(47)53-41(21-12-24-48(53)61)36-16-6-2-7-17-36/h1-34H. The van der Waals surface area contributed by atoms with Crippen LogP contribution in [-0.2, 0) is 0 Å². The summed E-state index contributed by atoms with van der Waals surface area (Å²) >= 11 is 1.80. The number of fused-ring (bicyclic) bond motifs is 9. The third-order valence-electron chi connectivity index (χ3n) is 12.3. The smallest absolute Gasteiger partial charge is 0.164 e. The summed E-state index contributed by atoms with van der Waals surface area (Å²) in [6, 6.07) is 72.6. The van der Waals surface area contributed by atoms with Gasteiger partial charge in [-0.3, -0.25) is 0 Å². The number of benzene rings is 9. The number of rotatable bonds is 6. The van der Waals surface area contributed by atoms with Crippen LogP contribution in [0.15, 0.2) is 211 Å². The molecule has 4 aromatic heterocycles. The lowest BCUT2D eigenvalue weighted by Gasteiger charge is -2.09. The maximum Gasteiger partial charge on any atom is 0.164 e. The molecule has 13 aromatic rings. The molecule has 0 aliphatic carbocycles. The first-order valence-corrected chi connectivity index (χ1v) is 21.9. The Kier molecular flexibility index (Phi) is 8.01. The summed E-state index contributed by atoms with van der Waals surface area (Å²) in [6.45, 7) is 0. The molecule has 6 heteroatoms. The molecule has 63 heavy (non-hydrogen) atoms. The van der Waals surface area contributed by atoms with Crippen molar-refractivity contribution >= 4 is 75.3 Å². The summed E-state index contributed by atoms with van der Waals surface area (Å²) < 4.78 is 11.7. The normalized spacial score (nSPS) is 11.8. The van der Waals surface area contributed by atoms with Gasteiger partial charge in [-0.25, -0.2) is 15.0 Å². The topological polar surface area (TPSA) is 56.7 Å². The number of hydrogen-bond donors (Lipinski definition) is 0. The fourth-order valence-electron chi connectivity index (χ4n) is 9.31. The van der Waals surface area contributed by atoms with Gasteiger partial charge in [0.2, 0.25) is 0 Å². The zero-order valence-electron chi connectivity index (χ0n) is 33.7. The summed E-state index contributed by atoms with van der Waals surface area (Å²) in [5, 5.41) is 6.98. The van der Waals surface area contributed by atoms with E-state index in [1.807, 2.05) is 30.3 Å². The lowest BCUT2D eigenvalue weighted by Crippen LogP contribution is -2.00. The van der Waals surface area contributed by atoms with Crippen molar-refractivity contribution in [1.82, 2.24) is 19.5 Å². The molecule has 9 aromatic carbocycles. The van der Waals surface area contributed by atoms with Gasteiger partial charge >= 0.3 is 0 Å². The predicted molar refractivity (Wildman–Crippen MR) is 262 cm³/mol. The molecule has 0 fully saturated rings. The van der Waals surface area contributed by atoms with Crippen molar-refractivity contribution in [2.75, 3.05) is 0 Å². The Morgan fingerprint density at radius 1 is 0.365 bits per heavy atom. The minimum atomic E-state index is 0.584. The highest BCUT2D eigenvalue weighted by Crippen LogP contribution is 2.43. The van der Waals surface area contributed by atoms with Crippen molar-refractivity contribution in [3.63, 3.8) is 0 Å². The number of thiophene rings is 1. The predicted octanol–water partition coefficient (Wildman–Crippen LogP) is 15.6. The molecule has 0 bridgehead atoms. The largest absolute Gasteiger partial charge is 0.454 e. The Morgan fingerprint density at radius 2 is 0.905 bits per heavy atom. The average molecular weight is 823 g/mol. The van der Waals surface area contributed by atoms with Gasteiger partial charge in [-0.05, 0) is 64.7 Å². The van der Waals surface area contributed by atoms with Gasteiger partial charge in [0.05, 0.1) is 16.7 Å². The van der Waals surface area contributed by atoms with Crippen LogP contribution < -0.4 is 0 Å². The minimum absolute atomic E-state index is 0.584. The van der Waals surface area contributed by atoms with Crippen LogP contribution in [0, 0.1) is 0 Å². The average Bonchev–Trinajstić information content (AvgIpc) is 4.03. The molecule has 0 atom stereocenters. The van der Waals surface area contributed by atoms with E-state index in [0.29, 0.717) is 17.5 Å². The van der Waals surface area contributed by atoms with Gasteiger partial charge in [-0.2, -0.15) is 0 Å². The SMILES string of the molecule is c1ccc(-c2ccc3c(c2)sc2cc(-c4nc(-c5ccccc5)nc(-c5ccc6c(c5)oc5c(-n7c8ccccc8c8c(-c9ccccc9)cccc87)cccc56)n4)ccc23)cc1. The van der Waals surface area contributed by atoms with Crippen molar-refractivity contribution in [2.24, 2.45) is 0 Å². The number of hydrogen-bond acceptors (Lipinski definition) is 5. The van der Waals surface area contributed by atoms with Crippen molar-refractivity contribution in [3.8, 4) is 62.1 Å². The van der Waals surface area contributed by atoms with E-state index < -0.39 is 0 Å². The maximum absolute atomic E-state index is 6.93. The fourth-order valence-corrected chi connectivity index (χ4v) is 10.5. The molecule has 0 aliphatic heterocycles. The van der Waals surface area contributed by atoms with Gasteiger partial charge in [0.25, 0.3) is 0 Å². The molecule has 0 saturated carbocycles. The number of para-hydroxylation sites is 2. The van der Waals surface area contributed by atoms with E-state index in [9.17, 15) is 0 Å². The van der Waals surface area contributed by atoms with E-state index in [1.54, 1.807) is 11.3 Å². The molecule has 0 aliphatic rings. The van der Waals surface area contributed by atoms with Gasteiger partial charge in [0.15, 0.2) is 23.1 Å². The second-order valence-electron chi connectivity index (χ2n) is 15.9. The van der Waals surface area contributed by atoms with Crippen molar-refractivity contribution in [2.45, 2.75) is 0 Å². The number of nitrogens with zero attached hydrogens (tertiary/aromatic N) is 4. The Morgan fingerprint density at radius 3 is 1.63 bits per heavy atom. The van der Waals surface area contributed by atoms with Crippen LogP contribution in [0.4, 0.5) is 0 Å².